The Hall–Kier alpha value is 0.269. The first-order valence-corrected chi connectivity index (χ1v) is 16.2. The van der Waals surface area contributed by atoms with E-state index in [0.717, 1.165) is 6.54 Å². The Balaban J connectivity index is 2.88. The Morgan fingerprint density at radius 1 is 0.950 bits per heavy atom. The monoisotopic (exact) mass is 389 g/mol. The van der Waals surface area contributed by atoms with Gasteiger partial charge < -0.3 is 0 Å². The van der Waals surface area contributed by atoms with E-state index in [1.807, 2.05) is 0 Å². The molecule has 0 saturated carbocycles. The van der Waals surface area contributed by atoms with Crippen LogP contribution in [0.3, 0.4) is 0 Å². The van der Waals surface area contributed by atoms with Gasteiger partial charge in [0.1, 0.15) is 0 Å². The molecule has 1 rings (SSSR count). The van der Waals surface area contributed by atoms with Crippen molar-refractivity contribution in [3.8, 4) is 0 Å². The molecule has 0 unspecified atom stereocenters. The summed E-state index contributed by atoms with van der Waals surface area (Å²) in [5.74, 6) is 0. The second kappa shape index (κ2) is 8.65. The van der Waals surface area contributed by atoms with E-state index in [1.54, 1.807) is 0 Å². The van der Waals surface area contributed by atoms with E-state index in [4.69, 9.17) is 9.73 Å². The van der Waals surface area contributed by atoms with Crippen LogP contribution in [0.2, 0.25) is 13.3 Å². The third kappa shape index (κ3) is 5.23. The van der Waals surface area contributed by atoms with E-state index in [-0.39, 0.29) is 5.60 Å². The van der Waals surface area contributed by atoms with Crippen LogP contribution >= 0.6 is 0 Å². The average Bonchev–Trinajstić information content (AvgIpc) is 2.79. The van der Waals surface area contributed by atoms with Crippen LogP contribution in [0.25, 0.3) is 0 Å². The number of unbranched alkanes of at least 4 members (excludes halogenated alkanes) is 3. The van der Waals surface area contributed by atoms with E-state index < -0.39 is 18.4 Å². The molecule has 0 aliphatic carbocycles. The van der Waals surface area contributed by atoms with E-state index in [0.29, 0.717) is 0 Å². The fourth-order valence-electron chi connectivity index (χ4n) is 3.11. The van der Waals surface area contributed by atoms with Crippen molar-refractivity contribution >= 4 is 22.3 Å². The number of nitrogens with zero attached hydrogens (tertiary/aromatic N) is 1. The molecule has 0 aromatic carbocycles. The van der Waals surface area contributed by atoms with E-state index in [1.165, 1.54) is 55.7 Å². The van der Waals surface area contributed by atoms with Gasteiger partial charge in [0.25, 0.3) is 0 Å². The summed E-state index contributed by atoms with van der Waals surface area (Å²) in [4.78, 5) is 4.91. The number of hydrogen-bond donors (Lipinski definition) is 0. The Bertz CT molecular complexity index is 290. The average molecular weight is 388 g/mol. The van der Waals surface area contributed by atoms with Crippen LogP contribution in [-0.4, -0.2) is 34.4 Å². The molecule has 2 nitrogen and oxygen atoms in total. The van der Waals surface area contributed by atoms with Crippen LogP contribution in [0.5, 0.6) is 0 Å². The van der Waals surface area contributed by atoms with Crippen LogP contribution in [0.4, 0.5) is 0 Å². The van der Waals surface area contributed by atoms with Crippen molar-refractivity contribution in [2.75, 3.05) is 6.54 Å². The Morgan fingerprint density at radius 2 is 1.40 bits per heavy atom. The molecular weight excluding hydrogens is 353 g/mol. The summed E-state index contributed by atoms with van der Waals surface area (Å²) in [6.07, 6.45) is 8.08. The molecule has 20 heavy (non-hydrogen) atoms. The quantitative estimate of drug-likeness (QED) is 0.448. The van der Waals surface area contributed by atoms with Gasteiger partial charge in [-0.2, -0.15) is 0 Å². The van der Waals surface area contributed by atoms with Gasteiger partial charge in [-0.25, -0.2) is 0 Å². The third-order valence-corrected chi connectivity index (χ3v) is 19.0. The Morgan fingerprint density at radius 3 is 1.70 bits per heavy atom. The molecule has 1 heterocycles. The summed E-state index contributed by atoms with van der Waals surface area (Å²) in [7, 11) is 0. The molecule has 3 heteroatoms. The molecule has 0 saturated heterocycles. The van der Waals surface area contributed by atoms with Crippen LogP contribution in [0.1, 0.15) is 73.1 Å². The van der Waals surface area contributed by atoms with Gasteiger partial charge in [-0.15, -0.1) is 0 Å². The molecule has 0 aromatic rings. The molecular formula is C17H35NOSn. The number of ether oxygens (including phenoxy) is 1. The summed E-state index contributed by atoms with van der Waals surface area (Å²) >= 11 is -2.36. The van der Waals surface area contributed by atoms with Crippen molar-refractivity contribution in [3.05, 3.63) is 0 Å². The summed E-state index contributed by atoms with van der Waals surface area (Å²) in [5.41, 5.74) is -0.0395. The molecule has 0 atom stereocenters. The van der Waals surface area contributed by atoms with Gasteiger partial charge in [0, 0.05) is 0 Å². The van der Waals surface area contributed by atoms with Crippen LogP contribution in [-0.2, 0) is 4.74 Å². The normalized spacial score (nSPS) is 17.9. The standard InChI is InChI=1S/C5H8NO.3C4H9.Sn/c1-5(2)3-6-4-7-5;3*1-3-4-2;/h3H2,1-2H3;3*1,3-4H2,2H3;. The molecule has 1 aliphatic rings. The number of rotatable bonds is 10. The van der Waals surface area contributed by atoms with E-state index in [9.17, 15) is 0 Å². The van der Waals surface area contributed by atoms with E-state index >= 15 is 0 Å². The number of hydrogen-bond acceptors (Lipinski definition) is 2. The molecule has 118 valence electrons. The maximum absolute atomic E-state index is 6.35. The minimum atomic E-state index is -2.36. The van der Waals surface area contributed by atoms with Gasteiger partial charge in [-0.05, 0) is 0 Å². The molecule has 0 spiro atoms. The molecule has 0 amide bonds. The second-order valence-electron chi connectivity index (χ2n) is 7.07. The summed E-state index contributed by atoms with van der Waals surface area (Å²) in [6, 6.07) is 0. The number of aliphatic imine (C=N–C) groups is 1. The molecule has 0 aromatic heterocycles. The second-order valence-corrected chi connectivity index (χ2v) is 19.9. The van der Waals surface area contributed by atoms with Crippen LogP contribution in [0, 0.1) is 0 Å². The van der Waals surface area contributed by atoms with Gasteiger partial charge in [-0.3, -0.25) is 0 Å². The third-order valence-electron chi connectivity index (χ3n) is 4.46. The first-order chi connectivity index (χ1) is 9.49. The van der Waals surface area contributed by atoms with Crippen molar-refractivity contribution in [1.82, 2.24) is 0 Å². The topological polar surface area (TPSA) is 21.6 Å². The predicted molar refractivity (Wildman–Crippen MR) is 92.4 cm³/mol. The summed E-state index contributed by atoms with van der Waals surface area (Å²) in [6.45, 7) is 12.2. The van der Waals surface area contributed by atoms with Crippen LogP contribution < -0.4 is 0 Å². The Kier molecular flexibility index (Phi) is 7.92. The van der Waals surface area contributed by atoms with Crippen molar-refractivity contribution < 1.29 is 4.74 Å². The maximum atomic E-state index is 6.35. The van der Waals surface area contributed by atoms with Crippen molar-refractivity contribution in [1.29, 1.82) is 0 Å². The van der Waals surface area contributed by atoms with Gasteiger partial charge >= 0.3 is 131 Å². The first-order valence-electron chi connectivity index (χ1n) is 8.73. The zero-order valence-electron chi connectivity index (χ0n) is 14.4. The fraction of sp³-hybridized carbons (Fsp3) is 0.941. The zero-order valence-corrected chi connectivity index (χ0v) is 17.3. The molecule has 0 fully saturated rings. The van der Waals surface area contributed by atoms with Crippen molar-refractivity contribution in [2.24, 2.45) is 4.99 Å². The van der Waals surface area contributed by atoms with Gasteiger partial charge in [0.15, 0.2) is 0 Å². The van der Waals surface area contributed by atoms with Crippen molar-refractivity contribution in [3.63, 3.8) is 0 Å². The van der Waals surface area contributed by atoms with Gasteiger partial charge in [0.05, 0.1) is 0 Å². The van der Waals surface area contributed by atoms with Gasteiger partial charge in [0.2, 0.25) is 0 Å². The summed E-state index contributed by atoms with van der Waals surface area (Å²) < 4.78 is 12.0. The molecule has 1 aliphatic heterocycles. The molecule has 0 N–H and O–H groups in total. The SMILES string of the molecule is CCC[CH2][Sn]([CH2]CCC)([CH2]CCC)[C]1=NCC(C)(C)O1. The van der Waals surface area contributed by atoms with Crippen LogP contribution in [0.15, 0.2) is 4.99 Å². The zero-order chi connectivity index (χ0) is 15.1. The van der Waals surface area contributed by atoms with Crippen molar-refractivity contribution in [2.45, 2.75) is 92.1 Å². The molecule has 0 bridgehead atoms. The molecule has 0 radical (unpaired) electrons. The minimum absolute atomic E-state index is 0.0395. The van der Waals surface area contributed by atoms with Gasteiger partial charge in [-0.1, -0.05) is 0 Å². The predicted octanol–water partition coefficient (Wildman–Crippen LogP) is 5.58. The first kappa shape index (κ1) is 18.3. The summed E-state index contributed by atoms with van der Waals surface area (Å²) in [5, 5.41) is 0. The Labute approximate surface area is 130 Å². The van der Waals surface area contributed by atoms with E-state index in [2.05, 4.69) is 34.6 Å². The fourth-order valence-corrected chi connectivity index (χ4v) is 18.5.